The van der Waals surface area contributed by atoms with Crippen LogP contribution < -0.4 is 15.5 Å². The minimum atomic E-state index is -1.44. The van der Waals surface area contributed by atoms with Gasteiger partial charge in [-0.05, 0) is 42.8 Å². The molecule has 2 aromatic carbocycles. The predicted octanol–water partition coefficient (Wildman–Crippen LogP) is 3.35. The van der Waals surface area contributed by atoms with Crippen LogP contribution in [0, 0.1) is 17.0 Å². The van der Waals surface area contributed by atoms with Gasteiger partial charge < -0.3 is 15.5 Å². The van der Waals surface area contributed by atoms with E-state index in [1.54, 1.807) is 69.4 Å². The second kappa shape index (κ2) is 12.4. The van der Waals surface area contributed by atoms with Crippen LogP contribution in [0.15, 0.2) is 71.9 Å². The van der Waals surface area contributed by atoms with Gasteiger partial charge in [0.05, 0.1) is 30.1 Å². The second-order valence-electron chi connectivity index (χ2n) is 10.9. The fourth-order valence-electron chi connectivity index (χ4n) is 4.23. The number of aromatic nitrogens is 1. The molecule has 3 amide bonds. The van der Waals surface area contributed by atoms with Crippen molar-refractivity contribution in [2.75, 3.05) is 11.4 Å². The molecule has 2 atom stereocenters. The molecule has 0 radical (unpaired) electrons. The summed E-state index contributed by atoms with van der Waals surface area (Å²) in [4.78, 5) is 63.0. The largest absolute Gasteiger partial charge is 0.344 e. The summed E-state index contributed by atoms with van der Waals surface area (Å²) in [7, 11) is 0. The molecule has 1 aliphatic rings. The molecule has 0 spiro atoms. The van der Waals surface area contributed by atoms with Crippen molar-refractivity contribution >= 4 is 34.9 Å². The number of hydrogen-bond donors (Lipinski definition) is 2. The number of aliphatic imine (C=N–C) groups is 1. The van der Waals surface area contributed by atoms with Crippen LogP contribution in [0.25, 0.3) is 0 Å². The van der Waals surface area contributed by atoms with Crippen molar-refractivity contribution in [3.8, 4) is 0 Å². The van der Waals surface area contributed by atoms with Crippen LogP contribution in [0.5, 0.6) is 0 Å². The predicted molar refractivity (Wildman–Crippen MR) is 153 cm³/mol. The highest BCUT2D eigenvalue weighted by atomic mass is 19.2. The van der Waals surface area contributed by atoms with Crippen molar-refractivity contribution in [1.29, 1.82) is 0 Å². The third-order valence-corrected chi connectivity index (χ3v) is 6.65. The summed E-state index contributed by atoms with van der Waals surface area (Å²) in [5.41, 5.74) is 1.26. The lowest BCUT2D eigenvalue weighted by Gasteiger charge is -2.28. The number of carbonyl (C=O) groups excluding carboxylic acids is 4. The molecule has 0 fully saturated rings. The van der Waals surface area contributed by atoms with Crippen molar-refractivity contribution in [1.82, 2.24) is 15.6 Å². The number of amides is 3. The van der Waals surface area contributed by atoms with Crippen LogP contribution in [0.4, 0.5) is 14.5 Å². The molecule has 11 heteroatoms. The van der Waals surface area contributed by atoms with E-state index in [2.05, 4.69) is 20.6 Å². The molecule has 42 heavy (non-hydrogen) atoms. The van der Waals surface area contributed by atoms with E-state index in [4.69, 9.17) is 0 Å². The number of benzodiazepines with no additional fused rings is 1. The number of rotatable bonds is 8. The Bertz CT molecular complexity index is 1550. The average molecular weight is 576 g/mol. The van der Waals surface area contributed by atoms with Gasteiger partial charge in [0, 0.05) is 17.2 Å². The van der Waals surface area contributed by atoms with Gasteiger partial charge in [0.2, 0.25) is 18.0 Å². The molecule has 0 saturated carbocycles. The minimum Gasteiger partial charge on any atom is -0.344 e. The molecule has 2 N–H and O–H groups in total. The summed E-state index contributed by atoms with van der Waals surface area (Å²) in [6.45, 7) is 6.42. The van der Waals surface area contributed by atoms with E-state index in [1.165, 1.54) is 17.9 Å². The highest BCUT2D eigenvalue weighted by molar-refractivity contribution is 6.20. The maximum Gasteiger partial charge on any atom is 0.272 e. The van der Waals surface area contributed by atoms with Crippen molar-refractivity contribution in [3.05, 3.63) is 95.3 Å². The molecule has 0 saturated heterocycles. The average Bonchev–Trinajstić information content (AvgIpc) is 3.05. The molecule has 1 aromatic heterocycles. The SMILES string of the molecule is C[C@H](NC(=O)Cc1ccc(F)c(F)c1)C(=O)NC1N=C(c2ccccn2)c2ccccc2N(CC(=O)C(C)(C)C)C1=O. The van der Waals surface area contributed by atoms with Gasteiger partial charge in [-0.1, -0.05) is 51.1 Å². The van der Waals surface area contributed by atoms with Crippen LogP contribution in [-0.2, 0) is 25.6 Å². The number of halogens is 2. The van der Waals surface area contributed by atoms with Gasteiger partial charge in [0.1, 0.15) is 6.04 Å². The normalized spacial score (nSPS) is 15.7. The number of pyridine rings is 1. The van der Waals surface area contributed by atoms with E-state index in [-0.39, 0.29) is 24.3 Å². The summed E-state index contributed by atoms with van der Waals surface area (Å²) in [5.74, 6) is -4.29. The van der Waals surface area contributed by atoms with Crippen LogP contribution in [-0.4, -0.2) is 53.0 Å². The van der Waals surface area contributed by atoms with Crippen LogP contribution >= 0.6 is 0 Å². The number of carbonyl (C=O) groups is 4. The van der Waals surface area contributed by atoms with Gasteiger partial charge in [-0.25, -0.2) is 13.8 Å². The van der Waals surface area contributed by atoms with Crippen molar-refractivity contribution in [2.24, 2.45) is 10.4 Å². The molecule has 0 aliphatic carbocycles. The molecule has 0 bridgehead atoms. The Morgan fingerprint density at radius 3 is 2.38 bits per heavy atom. The Hall–Kier alpha value is -4.80. The Kier molecular flexibility index (Phi) is 8.89. The number of Topliss-reactive ketones (excluding diaryl/α,β-unsaturated/α-hetero) is 1. The molecular weight excluding hydrogens is 544 g/mol. The molecular formula is C31H31F2N5O4. The van der Waals surface area contributed by atoms with E-state index >= 15 is 0 Å². The topological polar surface area (TPSA) is 121 Å². The number of ketones is 1. The van der Waals surface area contributed by atoms with Gasteiger partial charge in [-0.2, -0.15) is 0 Å². The fraction of sp³-hybridized carbons (Fsp3) is 0.290. The van der Waals surface area contributed by atoms with E-state index in [0.717, 1.165) is 12.1 Å². The van der Waals surface area contributed by atoms with Gasteiger partial charge in [0.15, 0.2) is 17.4 Å². The lowest BCUT2D eigenvalue weighted by molar-refractivity contribution is -0.131. The maximum atomic E-state index is 13.9. The van der Waals surface area contributed by atoms with Gasteiger partial charge in [-0.15, -0.1) is 0 Å². The minimum absolute atomic E-state index is 0.199. The first-order valence-corrected chi connectivity index (χ1v) is 13.3. The van der Waals surface area contributed by atoms with Crippen molar-refractivity contribution < 1.29 is 28.0 Å². The van der Waals surface area contributed by atoms with Crippen LogP contribution in [0.2, 0.25) is 0 Å². The van der Waals surface area contributed by atoms with E-state index in [0.29, 0.717) is 22.7 Å². The summed E-state index contributed by atoms with van der Waals surface area (Å²) >= 11 is 0. The first-order chi connectivity index (χ1) is 19.8. The lowest BCUT2D eigenvalue weighted by atomic mass is 9.90. The summed E-state index contributed by atoms with van der Waals surface area (Å²) in [5, 5.41) is 5.09. The number of fused-ring (bicyclic) bond motifs is 1. The van der Waals surface area contributed by atoms with E-state index in [1.807, 2.05) is 0 Å². The third-order valence-electron chi connectivity index (χ3n) is 6.65. The number of hydrogen-bond acceptors (Lipinski definition) is 6. The molecule has 2 heterocycles. The number of para-hydroxylation sites is 1. The van der Waals surface area contributed by atoms with E-state index < -0.39 is 47.0 Å². The number of benzene rings is 2. The van der Waals surface area contributed by atoms with Crippen molar-refractivity contribution in [2.45, 2.75) is 46.3 Å². The zero-order valence-corrected chi connectivity index (χ0v) is 23.7. The standard InChI is InChI=1S/C31H31F2N5O4/c1-18(35-26(40)16-19-12-13-21(32)22(33)15-19)29(41)37-28-30(42)38(17-25(39)31(2,3)4)24-11-6-5-9-20(24)27(36-28)23-10-7-8-14-34-23/h5-15,18,28H,16-17H2,1-4H3,(H,35,40)(H,37,41)/t18-,28?/m0/s1. The van der Waals surface area contributed by atoms with Gasteiger partial charge >= 0.3 is 0 Å². The third kappa shape index (κ3) is 6.91. The quantitative estimate of drug-likeness (QED) is 0.427. The number of anilines is 1. The van der Waals surface area contributed by atoms with Gasteiger partial charge in [0.25, 0.3) is 5.91 Å². The molecule has 9 nitrogen and oxygen atoms in total. The highest BCUT2D eigenvalue weighted by Crippen LogP contribution is 2.29. The molecule has 4 rings (SSSR count). The first kappa shape index (κ1) is 30.2. The van der Waals surface area contributed by atoms with Crippen molar-refractivity contribution in [3.63, 3.8) is 0 Å². The zero-order valence-electron chi connectivity index (χ0n) is 23.7. The van der Waals surface area contributed by atoms with Gasteiger partial charge in [-0.3, -0.25) is 24.2 Å². The lowest BCUT2D eigenvalue weighted by Crippen LogP contribution is -2.54. The highest BCUT2D eigenvalue weighted by Gasteiger charge is 2.36. The van der Waals surface area contributed by atoms with Crippen LogP contribution in [0.3, 0.4) is 0 Å². The zero-order chi connectivity index (χ0) is 30.6. The monoisotopic (exact) mass is 575 g/mol. The smallest absolute Gasteiger partial charge is 0.272 e. The second-order valence-corrected chi connectivity index (χ2v) is 10.9. The molecule has 218 valence electrons. The Morgan fingerprint density at radius 1 is 1.00 bits per heavy atom. The maximum absolute atomic E-state index is 13.9. The molecule has 1 unspecified atom stereocenters. The number of nitrogens with one attached hydrogen (secondary N) is 2. The van der Waals surface area contributed by atoms with E-state index in [9.17, 15) is 28.0 Å². The summed E-state index contributed by atoms with van der Waals surface area (Å²) < 4.78 is 26.8. The fourth-order valence-corrected chi connectivity index (χ4v) is 4.23. The Morgan fingerprint density at radius 2 is 1.71 bits per heavy atom. The molecule has 3 aromatic rings. The first-order valence-electron chi connectivity index (χ1n) is 13.3. The Labute approximate surface area is 242 Å². The number of nitrogens with zero attached hydrogens (tertiary/aromatic N) is 3. The Balaban J connectivity index is 1.62. The summed E-state index contributed by atoms with van der Waals surface area (Å²) in [6, 6.07) is 14.2. The summed E-state index contributed by atoms with van der Waals surface area (Å²) in [6.07, 6.45) is -0.163. The van der Waals surface area contributed by atoms with Crippen LogP contribution in [0.1, 0.15) is 44.5 Å². The molecule has 1 aliphatic heterocycles.